The van der Waals surface area contributed by atoms with E-state index in [1.807, 2.05) is 0 Å². The van der Waals surface area contributed by atoms with E-state index < -0.39 is 6.10 Å². The van der Waals surface area contributed by atoms with Crippen LogP contribution >= 0.6 is 0 Å². The van der Waals surface area contributed by atoms with Crippen LogP contribution < -0.4 is 0 Å². The third-order valence-electron chi connectivity index (χ3n) is 10.4. The van der Waals surface area contributed by atoms with E-state index in [1.165, 1.54) is 128 Å². The molecule has 0 saturated heterocycles. The lowest BCUT2D eigenvalue weighted by Crippen LogP contribution is -2.30. The van der Waals surface area contributed by atoms with Gasteiger partial charge < -0.3 is 14.2 Å². The van der Waals surface area contributed by atoms with Crippen molar-refractivity contribution in [2.45, 2.75) is 253 Å². The van der Waals surface area contributed by atoms with Gasteiger partial charge in [0.05, 0.1) is 0 Å². The fourth-order valence-corrected chi connectivity index (χ4v) is 6.88. The van der Waals surface area contributed by atoms with E-state index in [2.05, 4.69) is 41.5 Å². The number of carbonyl (C=O) groups is 3. The summed E-state index contributed by atoms with van der Waals surface area (Å²) in [7, 11) is 0. The summed E-state index contributed by atoms with van der Waals surface area (Å²) >= 11 is 0. The molecule has 0 bridgehead atoms. The first-order chi connectivity index (χ1) is 25.6. The number of hydrogen-bond acceptors (Lipinski definition) is 6. The second kappa shape index (κ2) is 38.7. The van der Waals surface area contributed by atoms with E-state index in [0.29, 0.717) is 19.3 Å². The Morgan fingerprint density at radius 3 is 0.811 bits per heavy atom. The summed E-state index contributed by atoms with van der Waals surface area (Å²) < 4.78 is 16.7. The molecule has 53 heavy (non-hydrogen) atoms. The standard InChI is InChI=1S/C47H90O6/c1-41(2)33-27-21-15-11-9-7-8-10-12-18-26-32-38-47(50)53-44(40-52-46(49)37-31-25-20-19-23-29-35-43(5)6)39-51-45(48)36-30-24-17-14-13-16-22-28-34-42(3)4/h41-44H,7-40H2,1-6H3/t44-/m0/s1. The topological polar surface area (TPSA) is 78.9 Å². The van der Waals surface area contributed by atoms with Crippen molar-refractivity contribution in [3.63, 3.8) is 0 Å². The molecule has 0 saturated carbocycles. The number of hydrogen-bond donors (Lipinski definition) is 0. The highest BCUT2D eigenvalue weighted by atomic mass is 16.6. The van der Waals surface area contributed by atoms with Crippen molar-refractivity contribution in [1.29, 1.82) is 0 Å². The highest BCUT2D eigenvalue weighted by Crippen LogP contribution is 2.17. The van der Waals surface area contributed by atoms with Crippen LogP contribution in [0, 0.1) is 17.8 Å². The van der Waals surface area contributed by atoms with Crippen molar-refractivity contribution in [3.05, 3.63) is 0 Å². The minimum absolute atomic E-state index is 0.0669. The number of carbonyl (C=O) groups excluding carboxylic acids is 3. The normalized spacial score (nSPS) is 12.2. The summed E-state index contributed by atoms with van der Waals surface area (Å²) in [5.74, 6) is 1.53. The fraction of sp³-hybridized carbons (Fsp3) is 0.936. The molecule has 6 heteroatoms. The predicted octanol–water partition coefficient (Wildman–Crippen LogP) is 14.4. The average molecular weight is 751 g/mol. The maximum atomic E-state index is 12.7. The highest BCUT2D eigenvalue weighted by Gasteiger charge is 2.19. The minimum atomic E-state index is -0.762. The molecule has 0 aromatic rings. The van der Waals surface area contributed by atoms with Crippen LogP contribution in [-0.4, -0.2) is 37.2 Å². The van der Waals surface area contributed by atoms with E-state index in [0.717, 1.165) is 75.5 Å². The van der Waals surface area contributed by atoms with Crippen LogP contribution in [-0.2, 0) is 28.6 Å². The Bertz CT molecular complexity index is 822. The first-order valence-electron chi connectivity index (χ1n) is 23.1. The van der Waals surface area contributed by atoms with Gasteiger partial charge >= 0.3 is 17.9 Å². The molecule has 0 heterocycles. The van der Waals surface area contributed by atoms with E-state index in [4.69, 9.17) is 14.2 Å². The lowest BCUT2D eigenvalue weighted by Gasteiger charge is -2.18. The zero-order valence-corrected chi connectivity index (χ0v) is 36.3. The van der Waals surface area contributed by atoms with Gasteiger partial charge in [-0.1, -0.05) is 208 Å². The van der Waals surface area contributed by atoms with Crippen molar-refractivity contribution in [2.24, 2.45) is 17.8 Å². The quantitative estimate of drug-likeness (QED) is 0.0352. The first-order valence-corrected chi connectivity index (χ1v) is 23.1. The molecule has 0 aromatic carbocycles. The molecule has 0 aliphatic heterocycles. The van der Waals surface area contributed by atoms with Gasteiger partial charge in [0.2, 0.25) is 0 Å². The zero-order valence-electron chi connectivity index (χ0n) is 36.3. The van der Waals surface area contributed by atoms with Gasteiger partial charge in [-0.05, 0) is 37.0 Å². The number of rotatable bonds is 40. The zero-order chi connectivity index (χ0) is 39.2. The molecule has 0 aliphatic rings. The Morgan fingerprint density at radius 1 is 0.321 bits per heavy atom. The van der Waals surface area contributed by atoms with E-state index in [1.54, 1.807) is 0 Å². The molecule has 0 amide bonds. The van der Waals surface area contributed by atoms with Crippen molar-refractivity contribution < 1.29 is 28.6 Å². The molecule has 314 valence electrons. The van der Waals surface area contributed by atoms with Gasteiger partial charge in [-0.3, -0.25) is 14.4 Å². The van der Waals surface area contributed by atoms with Gasteiger partial charge in [0.1, 0.15) is 13.2 Å². The van der Waals surface area contributed by atoms with Gasteiger partial charge in [-0.15, -0.1) is 0 Å². The van der Waals surface area contributed by atoms with E-state index in [-0.39, 0.29) is 31.1 Å². The molecule has 0 rings (SSSR count). The monoisotopic (exact) mass is 751 g/mol. The summed E-state index contributed by atoms with van der Waals surface area (Å²) in [6.07, 6.45) is 35.3. The molecule has 0 radical (unpaired) electrons. The molecule has 0 unspecified atom stereocenters. The maximum absolute atomic E-state index is 12.7. The molecule has 6 nitrogen and oxygen atoms in total. The van der Waals surface area contributed by atoms with E-state index in [9.17, 15) is 14.4 Å². The average Bonchev–Trinajstić information content (AvgIpc) is 3.11. The van der Waals surface area contributed by atoms with Crippen molar-refractivity contribution in [2.75, 3.05) is 13.2 Å². The van der Waals surface area contributed by atoms with Crippen LogP contribution in [0.4, 0.5) is 0 Å². The fourth-order valence-electron chi connectivity index (χ4n) is 6.88. The van der Waals surface area contributed by atoms with Gasteiger partial charge in [0.15, 0.2) is 6.10 Å². The smallest absolute Gasteiger partial charge is 0.306 e. The van der Waals surface area contributed by atoms with Gasteiger partial charge in [0.25, 0.3) is 0 Å². The molecule has 0 fully saturated rings. The van der Waals surface area contributed by atoms with Crippen LogP contribution in [0.25, 0.3) is 0 Å². The summed E-state index contributed by atoms with van der Waals surface area (Å²) in [5.41, 5.74) is 0. The molecule has 0 aromatic heterocycles. The number of esters is 3. The Balaban J connectivity index is 4.32. The summed E-state index contributed by atoms with van der Waals surface area (Å²) in [6.45, 7) is 13.6. The Hall–Kier alpha value is -1.59. The van der Waals surface area contributed by atoms with Crippen LogP contribution in [0.1, 0.15) is 247 Å². The summed E-state index contributed by atoms with van der Waals surface area (Å²) in [6, 6.07) is 0. The third kappa shape index (κ3) is 41.4. The second-order valence-corrected chi connectivity index (χ2v) is 17.5. The highest BCUT2D eigenvalue weighted by molar-refractivity contribution is 5.71. The molecule has 0 spiro atoms. The third-order valence-corrected chi connectivity index (χ3v) is 10.4. The predicted molar refractivity (Wildman–Crippen MR) is 224 cm³/mol. The van der Waals surface area contributed by atoms with Crippen molar-refractivity contribution in [1.82, 2.24) is 0 Å². The minimum Gasteiger partial charge on any atom is -0.462 e. The molecular formula is C47H90O6. The van der Waals surface area contributed by atoms with Crippen molar-refractivity contribution in [3.8, 4) is 0 Å². The van der Waals surface area contributed by atoms with Gasteiger partial charge in [-0.25, -0.2) is 0 Å². The number of ether oxygens (including phenoxy) is 3. The Labute approximate surface area is 329 Å². The van der Waals surface area contributed by atoms with Gasteiger partial charge in [0, 0.05) is 19.3 Å². The van der Waals surface area contributed by atoms with Crippen LogP contribution in [0.3, 0.4) is 0 Å². The Kier molecular flexibility index (Phi) is 37.5. The first kappa shape index (κ1) is 51.4. The SMILES string of the molecule is CC(C)CCCCCCCCCCCCCCC(=O)O[C@@H](COC(=O)CCCCCCCCCCC(C)C)COC(=O)CCCCCCCCC(C)C. The summed E-state index contributed by atoms with van der Waals surface area (Å²) in [5, 5.41) is 0. The summed E-state index contributed by atoms with van der Waals surface area (Å²) in [4.78, 5) is 37.7. The van der Waals surface area contributed by atoms with Crippen LogP contribution in [0.2, 0.25) is 0 Å². The maximum Gasteiger partial charge on any atom is 0.306 e. The molecule has 1 atom stereocenters. The molecule has 0 aliphatic carbocycles. The molecular weight excluding hydrogens is 661 g/mol. The Morgan fingerprint density at radius 2 is 0.547 bits per heavy atom. The lowest BCUT2D eigenvalue weighted by atomic mass is 10.0. The molecule has 0 N–H and O–H groups in total. The van der Waals surface area contributed by atoms with Gasteiger partial charge in [-0.2, -0.15) is 0 Å². The van der Waals surface area contributed by atoms with E-state index >= 15 is 0 Å². The number of unbranched alkanes of at least 4 members (excludes halogenated alkanes) is 23. The van der Waals surface area contributed by atoms with Crippen LogP contribution in [0.5, 0.6) is 0 Å². The second-order valence-electron chi connectivity index (χ2n) is 17.5. The van der Waals surface area contributed by atoms with Crippen molar-refractivity contribution >= 4 is 17.9 Å². The largest absolute Gasteiger partial charge is 0.462 e. The van der Waals surface area contributed by atoms with Crippen LogP contribution in [0.15, 0.2) is 0 Å². The lowest BCUT2D eigenvalue weighted by molar-refractivity contribution is -0.167.